The Morgan fingerprint density at radius 2 is 1.62 bits per heavy atom. The van der Waals surface area contributed by atoms with Crippen LogP contribution < -0.4 is 0 Å². The largest absolute Gasteiger partial charge is 0.197 e. The molecular weight excluding hydrogens is 226 g/mol. The summed E-state index contributed by atoms with van der Waals surface area (Å²) in [7, 11) is 0. The van der Waals surface area contributed by atoms with E-state index in [1.54, 1.807) is 0 Å². The van der Waals surface area contributed by atoms with Gasteiger partial charge in [0.25, 0.3) is 0 Å². The van der Waals surface area contributed by atoms with Crippen LogP contribution in [-0.2, 0) is 0 Å². The molecule has 1 nitrogen and oxygen atoms in total. The fraction of sp³-hybridized carbons (Fsp3) is 0.364. The summed E-state index contributed by atoms with van der Waals surface area (Å²) in [6, 6.07) is 10.3. The molecule has 1 atom stereocenters. The Labute approximate surface area is 87.5 Å². The molecule has 0 N–H and O–H groups in total. The molecule has 0 aliphatic heterocycles. The van der Waals surface area contributed by atoms with E-state index < -0.39 is 0 Å². The molecule has 1 aromatic rings. The standard InChI is InChI=1S/C11H12BrN/c1-8(2)9-3-5-10(6-4-9)11(12)7-13/h3-6,8,11H,1-2H3. The first-order valence-electron chi connectivity index (χ1n) is 4.28. The number of halogens is 1. The van der Waals surface area contributed by atoms with Crippen molar-refractivity contribution in [3.8, 4) is 6.07 Å². The molecule has 0 heterocycles. The van der Waals surface area contributed by atoms with Crippen molar-refractivity contribution in [2.24, 2.45) is 0 Å². The van der Waals surface area contributed by atoms with Crippen LogP contribution in [0, 0.1) is 11.3 Å². The van der Waals surface area contributed by atoms with Crippen LogP contribution >= 0.6 is 15.9 Å². The van der Waals surface area contributed by atoms with Gasteiger partial charge in [-0.15, -0.1) is 0 Å². The van der Waals surface area contributed by atoms with Gasteiger partial charge in [0.05, 0.1) is 6.07 Å². The Hall–Kier alpha value is -0.810. The Bertz CT molecular complexity index is 308. The second kappa shape index (κ2) is 4.43. The number of hydrogen-bond donors (Lipinski definition) is 0. The molecule has 68 valence electrons. The molecule has 0 amide bonds. The third-order valence-corrected chi connectivity index (χ3v) is 2.74. The third kappa shape index (κ3) is 2.57. The number of benzene rings is 1. The first kappa shape index (κ1) is 10.3. The van der Waals surface area contributed by atoms with E-state index in [1.807, 2.05) is 12.1 Å². The summed E-state index contributed by atoms with van der Waals surface area (Å²) in [6.07, 6.45) is 0. The van der Waals surface area contributed by atoms with E-state index in [4.69, 9.17) is 5.26 Å². The lowest BCUT2D eigenvalue weighted by Crippen LogP contribution is -1.89. The average Bonchev–Trinajstić information content (AvgIpc) is 2.17. The third-order valence-electron chi connectivity index (χ3n) is 2.01. The topological polar surface area (TPSA) is 23.8 Å². The first-order chi connectivity index (χ1) is 6.15. The molecule has 13 heavy (non-hydrogen) atoms. The van der Waals surface area contributed by atoms with Gasteiger partial charge in [0.15, 0.2) is 0 Å². The quantitative estimate of drug-likeness (QED) is 0.719. The molecule has 0 spiro atoms. The van der Waals surface area contributed by atoms with Crippen LogP contribution in [0.25, 0.3) is 0 Å². The first-order valence-corrected chi connectivity index (χ1v) is 5.20. The van der Waals surface area contributed by atoms with Crippen LogP contribution in [0.15, 0.2) is 24.3 Å². The summed E-state index contributed by atoms with van der Waals surface area (Å²) in [5, 5.41) is 8.67. The second-order valence-electron chi connectivity index (χ2n) is 3.31. The molecule has 0 aromatic heterocycles. The number of rotatable bonds is 2. The van der Waals surface area contributed by atoms with Crippen LogP contribution in [0.5, 0.6) is 0 Å². The maximum atomic E-state index is 8.67. The minimum absolute atomic E-state index is 0.186. The van der Waals surface area contributed by atoms with Gasteiger partial charge < -0.3 is 0 Å². The van der Waals surface area contributed by atoms with Crippen molar-refractivity contribution in [3.63, 3.8) is 0 Å². The van der Waals surface area contributed by atoms with E-state index >= 15 is 0 Å². The van der Waals surface area contributed by atoms with Gasteiger partial charge in [0.2, 0.25) is 0 Å². The summed E-state index contributed by atoms with van der Waals surface area (Å²) in [6.45, 7) is 4.32. The monoisotopic (exact) mass is 237 g/mol. The van der Waals surface area contributed by atoms with Crippen LogP contribution in [-0.4, -0.2) is 0 Å². The maximum Gasteiger partial charge on any atom is 0.126 e. The van der Waals surface area contributed by atoms with Gasteiger partial charge in [-0.2, -0.15) is 5.26 Å². The lowest BCUT2D eigenvalue weighted by molar-refractivity contribution is 0.865. The van der Waals surface area contributed by atoms with E-state index in [0.29, 0.717) is 5.92 Å². The fourth-order valence-electron chi connectivity index (χ4n) is 1.12. The second-order valence-corrected chi connectivity index (χ2v) is 4.23. The molecule has 0 aliphatic rings. The summed E-state index contributed by atoms with van der Waals surface area (Å²) in [5.41, 5.74) is 2.33. The van der Waals surface area contributed by atoms with Crippen molar-refractivity contribution in [1.29, 1.82) is 5.26 Å². The molecule has 0 saturated heterocycles. The van der Waals surface area contributed by atoms with Crippen LogP contribution in [0.2, 0.25) is 0 Å². The van der Waals surface area contributed by atoms with E-state index in [-0.39, 0.29) is 4.83 Å². The Kier molecular flexibility index (Phi) is 3.50. The van der Waals surface area contributed by atoms with Gasteiger partial charge in [-0.3, -0.25) is 0 Å². The van der Waals surface area contributed by atoms with E-state index in [9.17, 15) is 0 Å². The Balaban J connectivity index is 2.89. The zero-order valence-corrected chi connectivity index (χ0v) is 9.38. The molecule has 0 saturated carbocycles. The van der Waals surface area contributed by atoms with Gasteiger partial charge in [-0.25, -0.2) is 0 Å². The molecule has 1 rings (SSSR count). The van der Waals surface area contributed by atoms with E-state index in [1.165, 1.54) is 5.56 Å². The van der Waals surface area contributed by atoms with Gasteiger partial charge in [-0.1, -0.05) is 54.0 Å². The van der Waals surface area contributed by atoms with Crippen molar-refractivity contribution >= 4 is 15.9 Å². The van der Waals surface area contributed by atoms with Crippen molar-refractivity contribution in [3.05, 3.63) is 35.4 Å². The van der Waals surface area contributed by atoms with Crippen molar-refractivity contribution in [1.82, 2.24) is 0 Å². The van der Waals surface area contributed by atoms with Crippen molar-refractivity contribution in [2.75, 3.05) is 0 Å². The minimum Gasteiger partial charge on any atom is -0.197 e. The summed E-state index contributed by atoms with van der Waals surface area (Å²) in [4.78, 5) is -0.186. The summed E-state index contributed by atoms with van der Waals surface area (Å²) < 4.78 is 0. The SMILES string of the molecule is CC(C)c1ccc(C(Br)C#N)cc1. The minimum atomic E-state index is -0.186. The fourth-order valence-corrected chi connectivity index (χ4v) is 1.43. The lowest BCUT2D eigenvalue weighted by atomic mass is 10.0. The maximum absolute atomic E-state index is 8.67. The van der Waals surface area contributed by atoms with Gasteiger partial charge in [0.1, 0.15) is 4.83 Å². The normalized spacial score (nSPS) is 12.5. The van der Waals surface area contributed by atoms with Gasteiger partial charge >= 0.3 is 0 Å². The number of nitriles is 1. The number of alkyl halides is 1. The predicted molar refractivity (Wildman–Crippen MR) is 57.8 cm³/mol. The zero-order chi connectivity index (χ0) is 9.84. The predicted octanol–water partition coefficient (Wildman–Crippen LogP) is 3.77. The summed E-state index contributed by atoms with van der Waals surface area (Å²) >= 11 is 3.29. The molecule has 0 bridgehead atoms. The average molecular weight is 238 g/mol. The number of nitrogens with zero attached hydrogens (tertiary/aromatic N) is 1. The lowest BCUT2D eigenvalue weighted by Gasteiger charge is -2.06. The molecule has 0 fully saturated rings. The number of hydrogen-bond acceptors (Lipinski definition) is 1. The van der Waals surface area contributed by atoms with Crippen LogP contribution in [0.1, 0.15) is 35.7 Å². The smallest absolute Gasteiger partial charge is 0.126 e. The van der Waals surface area contributed by atoms with Gasteiger partial charge in [-0.05, 0) is 17.0 Å². The zero-order valence-electron chi connectivity index (χ0n) is 7.79. The molecule has 0 aliphatic carbocycles. The van der Waals surface area contributed by atoms with Crippen molar-refractivity contribution < 1.29 is 0 Å². The molecule has 1 unspecified atom stereocenters. The van der Waals surface area contributed by atoms with E-state index in [2.05, 4.69) is 48.0 Å². The molecule has 1 aromatic carbocycles. The van der Waals surface area contributed by atoms with Crippen LogP contribution in [0.4, 0.5) is 0 Å². The Morgan fingerprint density at radius 1 is 1.15 bits per heavy atom. The molecule has 0 radical (unpaired) electrons. The van der Waals surface area contributed by atoms with E-state index in [0.717, 1.165) is 5.56 Å². The van der Waals surface area contributed by atoms with Crippen LogP contribution in [0.3, 0.4) is 0 Å². The molecular formula is C11H12BrN. The van der Waals surface area contributed by atoms with Crippen molar-refractivity contribution in [2.45, 2.75) is 24.6 Å². The highest BCUT2D eigenvalue weighted by atomic mass is 79.9. The summed E-state index contributed by atoms with van der Waals surface area (Å²) in [5.74, 6) is 0.546. The molecule has 2 heteroatoms. The highest BCUT2D eigenvalue weighted by molar-refractivity contribution is 9.09. The highest BCUT2D eigenvalue weighted by Crippen LogP contribution is 2.23. The Morgan fingerprint density at radius 3 is 2.00 bits per heavy atom. The van der Waals surface area contributed by atoms with Gasteiger partial charge in [0, 0.05) is 0 Å². The highest BCUT2D eigenvalue weighted by Gasteiger charge is 2.05.